The van der Waals surface area contributed by atoms with Gasteiger partial charge >= 0.3 is 0 Å². The van der Waals surface area contributed by atoms with Crippen LogP contribution >= 0.6 is 23.2 Å². The third kappa shape index (κ3) is 34.2. The van der Waals surface area contributed by atoms with Gasteiger partial charge in [0.15, 0.2) is 0 Å². The number of hydrogen-bond donors (Lipinski definition) is 4. The quantitative estimate of drug-likeness (QED) is 0.150. The maximum absolute atomic E-state index is 13.7. The van der Waals surface area contributed by atoms with E-state index in [1.807, 2.05) is 32.1 Å². The standard InChI is InChI=1S/C13H18ClFN2O.C7H9Cl.C6H12O.C5H12.C3H7NO/c1-9-6-16-7-11(9)3-4-13(15)12(14)5-10(2)17-8-18;1-3-5-6-7(8)4-2;1-5-2-3-6(7)4-5;1-5(2,3)4;1-2-4-3-5/h3-5,8-9,11,16H,6-7H2,1-2H3,(H,17,18);3-6H,2H2,1H3;5-7H,2-4H2,1H3;1-4H3;3H,2H2,1H3,(H,4,5)/b4-3+,10-5+,13-12-;5-3-,7-6+;;;/t9-,11+;;5-,6+;;/m0.0../s1. The van der Waals surface area contributed by atoms with E-state index in [4.69, 9.17) is 28.3 Å². The minimum Gasteiger partial charge on any atom is -0.393 e. The number of hydrogen-bond acceptors (Lipinski definition) is 4. The lowest BCUT2D eigenvalue weighted by Gasteiger charge is -2.07. The zero-order chi connectivity index (χ0) is 33.8. The Morgan fingerprint density at radius 3 is 2.05 bits per heavy atom. The first kappa shape index (κ1) is 45.2. The summed E-state index contributed by atoms with van der Waals surface area (Å²) in [6.45, 7) is 24.5. The highest BCUT2D eigenvalue weighted by Gasteiger charge is 2.20. The van der Waals surface area contributed by atoms with Crippen molar-refractivity contribution in [2.75, 3.05) is 19.6 Å². The highest BCUT2D eigenvalue weighted by atomic mass is 35.5. The van der Waals surface area contributed by atoms with Gasteiger partial charge in [0.2, 0.25) is 12.8 Å². The molecular formula is C34H58Cl2FN3O3. The van der Waals surface area contributed by atoms with Crippen LogP contribution in [-0.4, -0.2) is 43.7 Å². The van der Waals surface area contributed by atoms with Crippen molar-refractivity contribution < 1.29 is 19.1 Å². The SMILES string of the molecule is C=C/C(Cl)=C\C=C/C.CC(C)(C)C.CCNC=O.C[C@H]1CC[C@@H](O)C1.C\C(=C/C(Cl)=C(F)\C=C\[C@@H]1CNC[C@@H]1C)NC=O. The van der Waals surface area contributed by atoms with Gasteiger partial charge in [-0.25, -0.2) is 4.39 Å². The first-order valence-electron chi connectivity index (χ1n) is 14.8. The maximum Gasteiger partial charge on any atom is 0.211 e. The van der Waals surface area contributed by atoms with Gasteiger partial charge in [-0.2, -0.15) is 0 Å². The molecule has 2 rings (SSSR count). The Morgan fingerprint density at radius 1 is 1.12 bits per heavy atom. The minimum atomic E-state index is -0.497. The van der Waals surface area contributed by atoms with Crippen LogP contribution in [-0.2, 0) is 9.59 Å². The summed E-state index contributed by atoms with van der Waals surface area (Å²) in [7, 11) is 0. The fraction of sp³-hybridized carbons (Fsp3) is 0.588. The molecule has 0 unspecified atom stereocenters. The lowest BCUT2D eigenvalue weighted by atomic mass is 9.98. The molecule has 0 aromatic carbocycles. The third-order valence-corrected chi connectivity index (χ3v) is 6.09. The van der Waals surface area contributed by atoms with Crippen molar-refractivity contribution in [3.05, 3.63) is 70.7 Å². The first-order valence-corrected chi connectivity index (χ1v) is 15.6. The predicted octanol–water partition coefficient (Wildman–Crippen LogP) is 8.31. The van der Waals surface area contributed by atoms with Crippen LogP contribution in [0.5, 0.6) is 0 Å². The van der Waals surface area contributed by atoms with Gasteiger partial charge in [0.25, 0.3) is 0 Å². The second-order valence-electron chi connectivity index (χ2n) is 12.0. The van der Waals surface area contributed by atoms with Crippen molar-refractivity contribution in [1.29, 1.82) is 0 Å². The number of allylic oxidation sites excluding steroid dienone is 10. The van der Waals surface area contributed by atoms with Gasteiger partial charge in [0.05, 0.1) is 11.1 Å². The highest BCUT2D eigenvalue weighted by Crippen LogP contribution is 2.24. The number of amides is 2. The molecule has 0 bridgehead atoms. The molecule has 43 heavy (non-hydrogen) atoms. The Labute approximate surface area is 271 Å². The Kier molecular flexibility index (Phi) is 30.1. The van der Waals surface area contributed by atoms with Crippen LogP contribution in [0.3, 0.4) is 0 Å². The molecule has 6 nitrogen and oxygen atoms in total. The van der Waals surface area contributed by atoms with Gasteiger partial charge in [-0.1, -0.05) is 95.6 Å². The lowest BCUT2D eigenvalue weighted by Crippen LogP contribution is -2.07. The number of rotatable bonds is 9. The number of halogens is 3. The van der Waals surface area contributed by atoms with Gasteiger partial charge in [0, 0.05) is 23.8 Å². The molecular weight excluding hydrogens is 588 g/mol. The first-order chi connectivity index (χ1) is 20.1. The maximum atomic E-state index is 13.7. The summed E-state index contributed by atoms with van der Waals surface area (Å²) in [6, 6.07) is 0. The van der Waals surface area contributed by atoms with Crippen molar-refractivity contribution in [2.45, 2.75) is 87.7 Å². The molecule has 1 aliphatic carbocycles. The monoisotopic (exact) mass is 645 g/mol. The molecule has 2 amide bonds. The zero-order valence-corrected chi connectivity index (χ0v) is 29.4. The molecule has 0 radical (unpaired) electrons. The van der Waals surface area contributed by atoms with E-state index in [1.54, 1.807) is 19.1 Å². The van der Waals surface area contributed by atoms with Crippen LogP contribution < -0.4 is 16.0 Å². The summed E-state index contributed by atoms with van der Waals surface area (Å²) in [4.78, 5) is 19.5. The molecule has 0 aromatic heterocycles. The fourth-order valence-corrected chi connectivity index (χ4v) is 3.59. The van der Waals surface area contributed by atoms with Gasteiger partial charge in [-0.05, 0) is 88.0 Å². The predicted molar refractivity (Wildman–Crippen MR) is 184 cm³/mol. The summed E-state index contributed by atoms with van der Waals surface area (Å²) in [5.41, 5.74) is 0.995. The van der Waals surface area contributed by atoms with Crippen molar-refractivity contribution in [3.8, 4) is 0 Å². The van der Waals surface area contributed by atoms with Crippen molar-refractivity contribution in [1.82, 2.24) is 16.0 Å². The topological polar surface area (TPSA) is 90.5 Å². The molecule has 248 valence electrons. The number of nitrogens with one attached hydrogen (secondary N) is 3. The van der Waals surface area contributed by atoms with Gasteiger partial charge < -0.3 is 21.1 Å². The van der Waals surface area contributed by atoms with Crippen LogP contribution in [0.15, 0.2) is 70.7 Å². The van der Waals surface area contributed by atoms with E-state index in [1.165, 1.54) is 18.6 Å². The molecule has 4 N–H and O–H groups in total. The van der Waals surface area contributed by atoms with E-state index in [0.29, 0.717) is 40.8 Å². The van der Waals surface area contributed by atoms with E-state index in [2.05, 4.69) is 64.1 Å². The summed E-state index contributed by atoms with van der Waals surface area (Å²) in [6.07, 6.45) is 16.3. The molecule has 1 aliphatic heterocycles. The lowest BCUT2D eigenvalue weighted by molar-refractivity contribution is -0.110. The van der Waals surface area contributed by atoms with Crippen LogP contribution in [0.4, 0.5) is 4.39 Å². The minimum absolute atomic E-state index is 0.0169. The zero-order valence-electron chi connectivity index (χ0n) is 27.9. The molecule has 1 saturated heterocycles. The molecule has 0 spiro atoms. The number of carbonyl (C=O) groups is 2. The summed E-state index contributed by atoms with van der Waals surface area (Å²) in [5.74, 6) is 1.11. The van der Waals surface area contributed by atoms with Crippen LogP contribution in [0.2, 0.25) is 0 Å². The van der Waals surface area contributed by atoms with Crippen molar-refractivity contribution in [3.63, 3.8) is 0 Å². The summed E-state index contributed by atoms with van der Waals surface area (Å²) >= 11 is 11.3. The molecule has 1 saturated carbocycles. The fourth-order valence-electron chi connectivity index (χ4n) is 3.29. The molecule has 2 aliphatic rings. The highest BCUT2D eigenvalue weighted by molar-refractivity contribution is 6.31. The normalized spacial score (nSPS) is 22.3. The molecule has 9 heteroatoms. The molecule has 4 atom stereocenters. The Morgan fingerprint density at radius 2 is 1.72 bits per heavy atom. The summed E-state index contributed by atoms with van der Waals surface area (Å²) < 4.78 is 13.7. The average molecular weight is 647 g/mol. The van der Waals surface area contributed by atoms with Crippen LogP contribution in [0, 0.1) is 23.2 Å². The second kappa shape index (κ2) is 28.6. The molecule has 2 fully saturated rings. The summed E-state index contributed by atoms with van der Waals surface area (Å²) in [5, 5.41) is 17.6. The van der Waals surface area contributed by atoms with E-state index in [9.17, 15) is 14.0 Å². The Balaban J connectivity index is -0.000000530. The van der Waals surface area contributed by atoms with Crippen LogP contribution in [0.25, 0.3) is 0 Å². The molecule has 0 aromatic rings. The van der Waals surface area contributed by atoms with Crippen molar-refractivity contribution >= 4 is 36.0 Å². The van der Waals surface area contributed by atoms with E-state index < -0.39 is 5.83 Å². The van der Waals surface area contributed by atoms with Gasteiger partial charge in [-0.3, -0.25) is 9.59 Å². The Bertz CT molecular complexity index is 895. The molecule has 1 heterocycles. The average Bonchev–Trinajstić information content (AvgIpc) is 3.52. The van der Waals surface area contributed by atoms with E-state index >= 15 is 0 Å². The third-order valence-electron chi connectivity index (χ3n) is 5.52. The number of carbonyl (C=O) groups excluding carboxylic acids is 2. The smallest absolute Gasteiger partial charge is 0.211 e. The van der Waals surface area contributed by atoms with Crippen molar-refractivity contribution in [2.24, 2.45) is 23.2 Å². The Hall–Kier alpha value is -2.19. The number of aliphatic hydroxyl groups excluding tert-OH is 1. The number of aliphatic hydroxyl groups is 1. The second-order valence-corrected chi connectivity index (χ2v) is 12.8. The van der Waals surface area contributed by atoms with Gasteiger partial charge in [-0.15, -0.1) is 0 Å². The largest absolute Gasteiger partial charge is 0.393 e. The van der Waals surface area contributed by atoms with E-state index in [-0.39, 0.29) is 11.1 Å². The van der Waals surface area contributed by atoms with Crippen LogP contribution in [0.1, 0.15) is 81.6 Å². The van der Waals surface area contributed by atoms with E-state index in [0.717, 1.165) is 38.4 Å². The van der Waals surface area contributed by atoms with Gasteiger partial charge in [0.1, 0.15) is 5.83 Å².